The Hall–Kier alpha value is -1.67. The summed E-state index contributed by atoms with van der Waals surface area (Å²) in [5.41, 5.74) is 3.32. The van der Waals surface area contributed by atoms with Gasteiger partial charge >= 0.3 is 0 Å². The van der Waals surface area contributed by atoms with Crippen LogP contribution < -0.4 is 10.3 Å². The van der Waals surface area contributed by atoms with Crippen molar-refractivity contribution in [1.82, 2.24) is 9.71 Å². The van der Waals surface area contributed by atoms with E-state index in [1.165, 1.54) is 6.07 Å². The van der Waals surface area contributed by atoms with Gasteiger partial charge in [0.15, 0.2) is 0 Å². The number of aryl methyl sites for hydroxylation is 2. The van der Waals surface area contributed by atoms with Crippen molar-refractivity contribution in [3.63, 3.8) is 0 Å². The number of nitrogens with one attached hydrogen (secondary N) is 2. The Morgan fingerprint density at radius 1 is 1.20 bits per heavy atom. The summed E-state index contributed by atoms with van der Waals surface area (Å²) in [5, 5.41) is 0.936. The Kier molecular flexibility index (Phi) is 5.02. The molecule has 8 heteroatoms. The molecule has 0 saturated carbocycles. The van der Waals surface area contributed by atoms with Crippen LogP contribution in [0.1, 0.15) is 16.7 Å². The Morgan fingerprint density at radius 3 is 2.64 bits per heavy atom. The van der Waals surface area contributed by atoms with E-state index >= 15 is 0 Å². The molecule has 0 spiro atoms. The second-order valence-corrected chi connectivity index (χ2v) is 9.51. The summed E-state index contributed by atoms with van der Waals surface area (Å²) in [6, 6.07) is 8.78. The van der Waals surface area contributed by atoms with E-state index in [0.29, 0.717) is 16.3 Å². The molecule has 3 rings (SSSR count). The van der Waals surface area contributed by atoms with Gasteiger partial charge in [-0.1, -0.05) is 23.7 Å². The zero-order chi connectivity index (χ0) is 18.2. The Balaban J connectivity index is 1.79. The second-order valence-electron chi connectivity index (χ2n) is 5.80. The average Bonchev–Trinajstić information content (AvgIpc) is 3.00. The van der Waals surface area contributed by atoms with Gasteiger partial charge in [-0.3, -0.25) is 4.79 Å². The molecule has 0 atom stereocenters. The van der Waals surface area contributed by atoms with Crippen molar-refractivity contribution in [3.05, 3.63) is 61.7 Å². The van der Waals surface area contributed by atoms with Gasteiger partial charge in [0, 0.05) is 12.1 Å². The number of benzene rings is 1. The normalized spacial score (nSPS) is 12.0. The van der Waals surface area contributed by atoms with Crippen molar-refractivity contribution in [2.75, 3.05) is 6.54 Å². The lowest BCUT2D eigenvalue weighted by atomic mass is 10.0. The lowest BCUT2D eigenvalue weighted by Crippen LogP contribution is -2.27. The number of fused-ring (bicyclic) bond motifs is 1. The van der Waals surface area contributed by atoms with Crippen molar-refractivity contribution in [3.8, 4) is 0 Å². The molecule has 2 heterocycles. The first-order valence-corrected chi connectivity index (χ1v) is 10.3. The Labute approximate surface area is 154 Å². The van der Waals surface area contributed by atoms with Crippen LogP contribution in [0.3, 0.4) is 0 Å². The van der Waals surface area contributed by atoms with E-state index in [4.69, 9.17) is 11.6 Å². The molecule has 0 unspecified atom stereocenters. The lowest BCUT2D eigenvalue weighted by molar-refractivity contribution is 0.583. The van der Waals surface area contributed by atoms with E-state index in [1.54, 1.807) is 6.07 Å². The number of aromatic nitrogens is 1. The van der Waals surface area contributed by atoms with Crippen LogP contribution in [-0.2, 0) is 16.4 Å². The zero-order valence-electron chi connectivity index (χ0n) is 13.7. The number of rotatable bonds is 5. The van der Waals surface area contributed by atoms with Crippen LogP contribution in [0.15, 0.2) is 39.3 Å². The number of aromatic amines is 1. The van der Waals surface area contributed by atoms with Crippen molar-refractivity contribution in [2.24, 2.45) is 0 Å². The van der Waals surface area contributed by atoms with Crippen LogP contribution >= 0.6 is 22.9 Å². The number of thiophene rings is 1. The van der Waals surface area contributed by atoms with Crippen LogP contribution in [0.4, 0.5) is 0 Å². The Morgan fingerprint density at radius 2 is 1.96 bits per heavy atom. The van der Waals surface area contributed by atoms with Crippen LogP contribution in [0.25, 0.3) is 10.9 Å². The maximum Gasteiger partial charge on any atom is 0.251 e. The van der Waals surface area contributed by atoms with Crippen molar-refractivity contribution in [2.45, 2.75) is 24.5 Å². The van der Waals surface area contributed by atoms with E-state index in [0.717, 1.165) is 33.4 Å². The van der Waals surface area contributed by atoms with Crippen LogP contribution in [-0.4, -0.2) is 19.9 Å². The molecular weight excluding hydrogens is 380 g/mol. The maximum atomic E-state index is 12.3. The largest absolute Gasteiger partial charge is 0.321 e. The first-order valence-electron chi connectivity index (χ1n) is 7.65. The summed E-state index contributed by atoms with van der Waals surface area (Å²) in [6.07, 6.45) is 0.302. The first-order chi connectivity index (χ1) is 11.8. The molecule has 0 aliphatic heterocycles. The monoisotopic (exact) mass is 396 g/mol. The van der Waals surface area contributed by atoms with Crippen molar-refractivity contribution < 1.29 is 8.42 Å². The fourth-order valence-corrected chi connectivity index (χ4v) is 5.15. The van der Waals surface area contributed by atoms with Crippen LogP contribution in [0.2, 0.25) is 4.34 Å². The van der Waals surface area contributed by atoms with Crippen LogP contribution in [0.5, 0.6) is 0 Å². The third-order valence-corrected chi connectivity index (χ3v) is 7.31. The highest BCUT2D eigenvalue weighted by molar-refractivity contribution is 7.91. The quantitative estimate of drug-likeness (QED) is 0.693. The van der Waals surface area contributed by atoms with Crippen molar-refractivity contribution in [1.29, 1.82) is 0 Å². The van der Waals surface area contributed by atoms with Gasteiger partial charge in [-0.25, -0.2) is 13.1 Å². The molecule has 0 aliphatic rings. The minimum atomic E-state index is -3.61. The molecule has 1 aromatic carbocycles. The lowest BCUT2D eigenvalue weighted by Gasteiger charge is -2.08. The zero-order valence-corrected chi connectivity index (χ0v) is 16.1. The summed E-state index contributed by atoms with van der Waals surface area (Å²) >= 11 is 6.77. The standard InChI is InChI=1S/C17H17ClN2O3S2/c1-10-3-4-12-9-13(17(21)20-16(12)11(10)2)7-8-19-25(22,23)15-6-5-14(18)24-15/h3-6,9,19H,7-8H2,1-2H3,(H,20,21). The molecule has 5 nitrogen and oxygen atoms in total. The second kappa shape index (κ2) is 6.92. The van der Waals surface area contributed by atoms with Gasteiger partial charge in [0.1, 0.15) is 4.21 Å². The van der Waals surface area contributed by atoms with E-state index < -0.39 is 10.0 Å². The van der Waals surface area contributed by atoms with E-state index in [-0.39, 0.29) is 16.3 Å². The molecule has 25 heavy (non-hydrogen) atoms. The summed E-state index contributed by atoms with van der Waals surface area (Å²) in [4.78, 5) is 15.2. The molecule has 0 radical (unpaired) electrons. The smallest absolute Gasteiger partial charge is 0.251 e. The summed E-state index contributed by atoms with van der Waals surface area (Å²) in [5.74, 6) is 0. The summed E-state index contributed by atoms with van der Waals surface area (Å²) in [6.45, 7) is 4.09. The number of H-pyrrole nitrogens is 1. The first kappa shape index (κ1) is 18.1. The molecule has 2 N–H and O–H groups in total. The van der Waals surface area contributed by atoms with E-state index in [1.807, 2.05) is 32.0 Å². The molecule has 0 bridgehead atoms. The highest BCUT2D eigenvalue weighted by Crippen LogP contribution is 2.25. The van der Waals surface area contributed by atoms with E-state index in [9.17, 15) is 13.2 Å². The predicted molar refractivity (Wildman–Crippen MR) is 102 cm³/mol. The minimum absolute atomic E-state index is 0.136. The number of sulfonamides is 1. The number of pyridine rings is 1. The minimum Gasteiger partial charge on any atom is -0.321 e. The molecule has 3 aromatic rings. The third kappa shape index (κ3) is 3.79. The summed E-state index contributed by atoms with van der Waals surface area (Å²) in [7, 11) is -3.61. The molecule has 0 saturated heterocycles. The number of hydrogen-bond acceptors (Lipinski definition) is 4. The fourth-order valence-electron chi connectivity index (χ4n) is 2.59. The molecule has 0 aliphatic carbocycles. The van der Waals surface area contributed by atoms with Crippen molar-refractivity contribution >= 4 is 43.9 Å². The summed E-state index contributed by atoms with van der Waals surface area (Å²) < 4.78 is 27.4. The van der Waals surface area contributed by atoms with Gasteiger partial charge in [0.2, 0.25) is 10.0 Å². The topological polar surface area (TPSA) is 79.0 Å². The highest BCUT2D eigenvalue weighted by atomic mass is 35.5. The fraction of sp³-hybridized carbons (Fsp3) is 0.235. The molecular formula is C17H17ClN2O3S2. The predicted octanol–water partition coefficient (Wildman–Crippen LogP) is 3.38. The average molecular weight is 397 g/mol. The van der Waals surface area contributed by atoms with Gasteiger partial charge in [0.25, 0.3) is 5.56 Å². The molecule has 0 amide bonds. The van der Waals surface area contributed by atoms with Gasteiger partial charge in [-0.2, -0.15) is 0 Å². The van der Waals surface area contributed by atoms with Gasteiger partial charge < -0.3 is 4.98 Å². The maximum absolute atomic E-state index is 12.3. The van der Waals surface area contributed by atoms with Gasteiger partial charge in [-0.05, 0) is 55.0 Å². The molecule has 132 valence electrons. The molecule has 0 fully saturated rings. The SMILES string of the molecule is Cc1ccc2cc(CCNS(=O)(=O)c3ccc(Cl)s3)c(=O)[nH]c2c1C. The van der Waals surface area contributed by atoms with Gasteiger partial charge in [-0.15, -0.1) is 11.3 Å². The molecule has 2 aromatic heterocycles. The number of halogens is 1. The van der Waals surface area contributed by atoms with Gasteiger partial charge in [0.05, 0.1) is 9.85 Å². The van der Waals surface area contributed by atoms with Crippen LogP contribution in [0, 0.1) is 13.8 Å². The highest BCUT2D eigenvalue weighted by Gasteiger charge is 2.16. The number of hydrogen-bond donors (Lipinski definition) is 2. The third-order valence-electron chi connectivity index (χ3n) is 4.13. The van der Waals surface area contributed by atoms with E-state index in [2.05, 4.69) is 9.71 Å². The Bertz CT molecular complexity index is 1100.